The number of carbonyl (C=O) groups is 6. The maximum absolute atomic E-state index is 12.0. The second kappa shape index (κ2) is 16.1. The number of hydrogen-bond donors (Lipinski definition) is 0. The average molecular weight is 925 g/mol. The summed E-state index contributed by atoms with van der Waals surface area (Å²) in [5.41, 5.74) is 3.74. The zero-order valence-electron chi connectivity index (χ0n) is 33.8. The lowest BCUT2D eigenvalue weighted by atomic mass is 9.57. The molecule has 0 aliphatic heterocycles. The molecule has 59 heavy (non-hydrogen) atoms. The van der Waals surface area contributed by atoms with Gasteiger partial charge in [0, 0.05) is 64.4 Å². The van der Waals surface area contributed by atoms with Gasteiger partial charge in [-0.3, -0.25) is 28.8 Å². The molecular weight excluding hydrogens is 868 g/mol. The quantitative estimate of drug-likeness (QED) is 0.224. The van der Waals surface area contributed by atoms with E-state index < -0.39 is 0 Å². The fourth-order valence-electron chi connectivity index (χ4n) is 15.2. The van der Waals surface area contributed by atoms with Crippen molar-refractivity contribution < 1.29 is 28.8 Å². The number of Topliss-reactive ketones (excluding diaryl/α,β-unsaturated/α-hetero) is 3. The molecule has 0 N–H and O–H groups in total. The molecular formula is C51H56Br2O6. The summed E-state index contributed by atoms with van der Waals surface area (Å²) >= 11 is 7.58. The van der Waals surface area contributed by atoms with E-state index in [-0.39, 0.29) is 17.3 Å². The molecule has 8 fully saturated rings. The minimum absolute atomic E-state index is 0.110. The average Bonchev–Trinajstić information content (AvgIpc) is 3.94. The van der Waals surface area contributed by atoms with Crippen LogP contribution in [-0.4, -0.2) is 44.4 Å². The van der Waals surface area contributed by atoms with Gasteiger partial charge in [-0.25, -0.2) is 0 Å². The molecule has 12 aliphatic rings. The van der Waals surface area contributed by atoms with Crippen LogP contribution in [0.1, 0.15) is 89.9 Å². The molecule has 0 aromatic carbocycles. The Labute approximate surface area is 365 Å². The van der Waals surface area contributed by atoms with Crippen LogP contribution in [0.4, 0.5) is 0 Å². The summed E-state index contributed by atoms with van der Waals surface area (Å²) in [5, 5.41) is 0. The van der Waals surface area contributed by atoms with Crippen LogP contribution in [0.2, 0.25) is 0 Å². The Morgan fingerprint density at radius 2 is 0.814 bits per heavy atom. The first-order chi connectivity index (χ1) is 28.5. The molecule has 0 aromatic heterocycles. The van der Waals surface area contributed by atoms with Crippen LogP contribution in [0.3, 0.4) is 0 Å². The van der Waals surface area contributed by atoms with Gasteiger partial charge in [-0.15, -0.1) is 0 Å². The Morgan fingerprint density at radius 3 is 1.32 bits per heavy atom. The van der Waals surface area contributed by atoms with Gasteiger partial charge in [0.1, 0.15) is 17.3 Å². The van der Waals surface area contributed by atoms with Crippen LogP contribution in [-0.2, 0) is 28.8 Å². The molecule has 12 rings (SSSR count). The Bertz CT molecular complexity index is 1970. The number of hydrogen-bond acceptors (Lipinski definition) is 6. The van der Waals surface area contributed by atoms with Crippen molar-refractivity contribution in [3.63, 3.8) is 0 Å². The van der Waals surface area contributed by atoms with Crippen LogP contribution in [0.5, 0.6) is 0 Å². The molecule has 0 aromatic rings. The lowest BCUT2D eigenvalue weighted by Crippen LogP contribution is -2.44. The van der Waals surface area contributed by atoms with Crippen molar-refractivity contribution in [1.82, 2.24) is 0 Å². The predicted octanol–water partition coefficient (Wildman–Crippen LogP) is 9.77. The molecule has 0 amide bonds. The van der Waals surface area contributed by atoms with E-state index in [1.54, 1.807) is 24.3 Å². The molecule has 0 radical (unpaired) electrons. The van der Waals surface area contributed by atoms with Crippen molar-refractivity contribution in [2.75, 3.05) is 0 Å². The van der Waals surface area contributed by atoms with Crippen molar-refractivity contribution in [2.24, 2.45) is 88.8 Å². The zero-order valence-corrected chi connectivity index (χ0v) is 36.9. The lowest BCUT2D eigenvalue weighted by molar-refractivity contribution is -0.124. The number of allylic oxidation sites excluding steroid dienone is 14. The predicted molar refractivity (Wildman–Crippen MR) is 233 cm³/mol. The van der Waals surface area contributed by atoms with E-state index in [9.17, 15) is 28.8 Å². The largest absolute Gasteiger partial charge is 0.299 e. The first-order valence-electron chi connectivity index (χ1n) is 22.9. The van der Waals surface area contributed by atoms with Gasteiger partial charge in [-0.2, -0.15) is 0 Å². The highest BCUT2D eigenvalue weighted by atomic mass is 79.9. The Morgan fingerprint density at radius 1 is 0.390 bits per heavy atom. The van der Waals surface area contributed by atoms with Crippen LogP contribution in [0.25, 0.3) is 0 Å². The van der Waals surface area contributed by atoms with Gasteiger partial charge in [0.2, 0.25) is 0 Å². The lowest BCUT2D eigenvalue weighted by Gasteiger charge is -2.49. The fourth-order valence-corrected chi connectivity index (χ4v) is 16.9. The van der Waals surface area contributed by atoms with Gasteiger partial charge in [-0.1, -0.05) is 62.2 Å². The molecule has 8 saturated carbocycles. The van der Waals surface area contributed by atoms with Crippen molar-refractivity contribution in [3.05, 3.63) is 83.6 Å². The third kappa shape index (κ3) is 7.20. The number of rotatable bonds is 0. The van der Waals surface area contributed by atoms with Crippen LogP contribution in [0, 0.1) is 88.8 Å². The van der Waals surface area contributed by atoms with E-state index in [2.05, 4.69) is 62.2 Å². The fraction of sp³-hybridized carbons (Fsp3) is 0.608. The summed E-state index contributed by atoms with van der Waals surface area (Å²) in [6.07, 6.45) is 35.9. The topological polar surface area (TPSA) is 102 Å². The zero-order chi connectivity index (χ0) is 40.7. The molecule has 15 unspecified atom stereocenters. The smallest absolute Gasteiger partial charge is 0.178 e. The minimum Gasteiger partial charge on any atom is -0.299 e. The van der Waals surface area contributed by atoms with Crippen LogP contribution in [0.15, 0.2) is 83.6 Å². The Kier molecular flexibility index (Phi) is 11.0. The SMILES string of the molecule is O=C1C=CC2C(=C1)C=CC1C2CCC2C(=O)CCC21.O=C1C=CC2C(=C1)[C@H](Br)CC1C2CCC2C(=O)CCC21.O=C1C=CC2C(=C1)[C@H](Br)CC1C2CCC2C(=O)CCC21. The van der Waals surface area contributed by atoms with Crippen molar-refractivity contribution >= 4 is 66.6 Å². The maximum Gasteiger partial charge on any atom is 0.178 e. The van der Waals surface area contributed by atoms with Crippen LogP contribution >= 0.6 is 31.9 Å². The second-order valence-electron chi connectivity index (χ2n) is 20.0. The monoisotopic (exact) mass is 922 g/mol. The first-order valence-corrected chi connectivity index (χ1v) is 24.7. The first kappa shape index (κ1) is 40.2. The number of carbonyl (C=O) groups excluding carboxylic acids is 6. The summed E-state index contributed by atoms with van der Waals surface area (Å²) in [6.45, 7) is 0. The van der Waals surface area contributed by atoms with E-state index in [0.29, 0.717) is 116 Å². The van der Waals surface area contributed by atoms with Crippen LogP contribution < -0.4 is 0 Å². The number of halogens is 2. The molecule has 12 aliphatic carbocycles. The van der Waals surface area contributed by atoms with Gasteiger partial charge in [0.15, 0.2) is 17.3 Å². The molecule has 310 valence electrons. The number of fused-ring (bicyclic) bond motifs is 15. The molecule has 0 bridgehead atoms. The molecule has 0 heterocycles. The molecule has 17 atom stereocenters. The number of alkyl halides is 2. The summed E-state index contributed by atoms with van der Waals surface area (Å²) < 4.78 is 0. The van der Waals surface area contributed by atoms with E-state index in [1.165, 1.54) is 16.7 Å². The molecule has 0 spiro atoms. The summed E-state index contributed by atoms with van der Waals surface area (Å²) in [4.78, 5) is 71.3. The summed E-state index contributed by atoms with van der Waals surface area (Å²) in [5.74, 6) is 9.68. The van der Waals surface area contributed by atoms with E-state index in [4.69, 9.17) is 0 Å². The normalized spacial score (nSPS) is 45.6. The third-order valence-corrected chi connectivity index (χ3v) is 19.5. The van der Waals surface area contributed by atoms with E-state index >= 15 is 0 Å². The Balaban J connectivity index is 0.000000107. The highest BCUT2D eigenvalue weighted by Gasteiger charge is 2.53. The highest BCUT2D eigenvalue weighted by Crippen LogP contribution is 2.58. The van der Waals surface area contributed by atoms with Crippen molar-refractivity contribution in [2.45, 2.75) is 99.5 Å². The van der Waals surface area contributed by atoms with Gasteiger partial charge < -0.3 is 0 Å². The summed E-state index contributed by atoms with van der Waals surface area (Å²) in [7, 11) is 0. The third-order valence-electron chi connectivity index (χ3n) is 17.6. The molecule has 6 nitrogen and oxygen atoms in total. The minimum atomic E-state index is 0.110. The van der Waals surface area contributed by atoms with Gasteiger partial charge in [0.05, 0.1) is 0 Å². The van der Waals surface area contributed by atoms with Crippen molar-refractivity contribution in [1.29, 1.82) is 0 Å². The Hall–Kier alpha value is -2.84. The molecule has 8 heteroatoms. The van der Waals surface area contributed by atoms with Gasteiger partial charge in [0.25, 0.3) is 0 Å². The van der Waals surface area contributed by atoms with E-state index in [1.807, 2.05) is 12.2 Å². The second-order valence-corrected chi connectivity index (χ2v) is 22.2. The molecule has 0 saturated heterocycles. The summed E-state index contributed by atoms with van der Waals surface area (Å²) in [6, 6.07) is 0. The van der Waals surface area contributed by atoms with Gasteiger partial charge >= 0.3 is 0 Å². The van der Waals surface area contributed by atoms with E-state index in [0.717, 1.165) is 89.9 Å². The van der Waals surface area contributed by atoms with Gasteiger partial charge in [-0.05, 0) is 177 Å². The standard InChI is InChI=1S/2C17H19BrO2.C17H18O2/c2*18-16-8-14-10(11-2-1-9(19)7-15(11)16)3-4-13-12(14)5-6-17(13)20;18-11-2-4-12-10(9-11)1-3-14-13(12)5-6-16-15(14)7-8-17(16)19/h2*1-2,7,10-14,16H,3-6,8H2;1-4,9,12-16H,5-8H2/t2*10?,11?,12?,13?,14?,16-;/m11./s1. The maximum atomic E-state index is 12.0. The highest BCUT2D eigenvalue weighted by molar-refractivity contribution is 9.09. The number of ketones is 6. The van der Waals surface area contributed by atoms with Crippen molar-refractivity contribution in [3.8, 4) is 0 Å².